The van der Waals surface area contributed by atoms with E-state index in [0.717, 1.165) is 77.3 Å². The molecule has 1 amide bonds. The van der Waals surface area contributed by atoms with Gasteiger partial charge in [0.15, 0.2) is 0 Å². The highest BCUT2D eigenvalue weighted by molar-refractivity contribution is 6.32. The van der Waals surface area contributed by atoms with Gasteiger partial charge >= 0.3 is 0 Å². The van der Waals surface area contributed by atoms with Crippen LogP contribution in [0.3, 0.4) is 0 Å². The minimum atomic E-state index is -0.690. The Morgan fingerprint density at radius 2 is 1.77 bits per heavy atom. The fourth-order valence-electron chi connectivity index (χ4n) is 7.92. The minimum Gasteiger partial charge on any atom is -0.494 e. The van der Waals surface area contributed by atoms with Crippen molar-refractivity contribution in [3.63, 3.8) is 0 Å². The summed E-state index contributed by atoms with van der Waals surface area (Å²) >= 11 is 13.8. The standard InChI is InChI=1S/C40H39Cl2N7O3/c1-21-16-27(17-22(2)35(21)41)51-15-9-12-29-28-10-8-11-30(34-23(3)45-47(7)24(34)4)36(28)48-25(5)38(42)49(40(50)37(29)48)33-19-46(6)32-14-13-26(18-31(32)33)39-44-43-20-52-39/h8,10-11,13-14,16-20,25,38H,9,12,15H2,1-7H3/t25?,38-/m0/s1. The Morgan fingerprint density at radius 1 is 1.00 bits per heavy atom. The van der Waals surface area contributed by atoms with Crippen molar-refractivity contribution in [3.05, 3.63) is 99.9 Å². The van der Waals surface area contributed by atoms with Gasteiger partial charge in [0, 0.05) is 64.0 Å². The molecule has 5 heterocycles. The molecule has 2 atom stereocenters. The van der Waals surface area contributed by atoms with Crippen LogP contribution in [0.1, 0.15) is 58.0 Å². The van der Waals surface area contributed by atoms with Gasteiger partial charge in [0.2, 0.25) is 12.3 Å². The van der Waals surface area contributed by atoms with Crippen LogP contribution in [0.2, 0.25) is 5.02 Å². The summed E-state index contributed by atoms with van der Waals surface area (Å²) in [6.07, 6.45) is 4.59. The van der Waals surface area contributed by atoms with Gasteiger partial charge in [-0.2, -0.15) is 5.10 Å². The maximum atomic E-state index is 15.2. The van der Waals surface area contributed by atoms with Gasteiger partial charge in [0.05, 0.1) is 29.5 Å². The van der Waals surface area contributed by atoms with Crippen LogP contribution in [0, 0.1) is 27.7 Å². The minimum absolute atomic E-state index is 0.157. The lowest BCUT2D eigenvalue weighted by atomic mass is 9.98. The number of fused-ring (bicyclic) bond motifs is 4. The maximum Gasteiger partial charge on any atom is 0.276 e. The molecule has 52 heavy (non-hydrogen) atoms. The van der Waals surface area contributed by atoms with Gasteiger partial charge in [-0.05, 0) is 94.5 Å². The van der Waals surface area contributed by atoms with Crippen LogP contribution in [0.4, 0.5) is 5.69 Å². The summed E-state index contributed by atoms with van der Waals surface area (Å²) in [6, 6.07) is 15.9. The second kappa shape index (κ2) is 12.9. The number of hydrogen-bond donors (Lipinski definition) is 0. The summed E-state index contributed by atoms with van der Waals surface area (Å²) in [5.74, 6) is 1.03. The lowest BCUT2D eigenvalue weighted by Gasteiger charge is -2.38. The van der Waals surface area contributed by atoms with Crippen LogP contribution in [0.25, 0.3) is 44.4 Å². The highest BCUT2D eigenvalue weighted by Gasteiger charge is 2.42. The summed E-state index contributed by atoms with van der Waals surface area (Å²) in [5.41, 5.74) is 10.4. The third-order valence-corrected chi connectivity index (χ3v) is 11.6. The number of amides is 1. The van der Waals surface area contributed by atoms with Gasteiger partial charge in [-0.3, -0.25) is 14.4 Å². The van der Waals surface area contributed by atoms with Crippen molar-refractivity contribution in [1.82, 2.24) is 29.1 Å². The van der Waals surface area contributed by atoms with E-state index < -0.39 is 5.50 Å². The number of rotatable bonds is 8. The zero-order valence-electron chi connectivity index (χ0n) is 30.2. The molecule has 0 saturated heterocycles. The van der Waals surface area contributed by atoms with Gasteiger partial charge in [-0.15, -0.1) is 10.2 Å². The monoisotopic (exact) mass is 735 g/mol. The van der Waals surface area contributed by atoms with Gasteiger partial charge in [-0.1, -0.05) is 41.4 Å². The van der Waals surface area contributed by atoms with Crippen LogP contribution in [-0.4, -0.2) is 47.1 Å². The quantitative estimate of drug-likeness (QED) is 0.0877. The number of hydrogen-bond acceptors (Lipinski definition) is 6. The Labute approximate surface area is 311 Å². The molecule has 1 unspecified atom stereocenters. The summed E-state index contributed by atoms with van der Waals surface area (Å²) < 4.78 is 17.8. The molecular formula is C40H39Cl2N7O3. The molecule has 0 bridgehead atoms. The fraction of sp³-hybridized carbons (Fsp3) is 0.300. The molecule has 0 saturated carbocycles. The predicted molar refractivity (Wildman–Crippen MR) is 206 cm³/mol. The number of benzene rings is 3. The van der Waals surface area contributed by atoms with Gasteiger partial charge in [0.25, 0.3) is 5.91 Å². The van der Waals surface area contributed by atoms with Crippen LogP contribution in [0.5, 0.6) is 5.75 Å². The molecule has 266 valence electrons. The molecule has 1 aliphatic heterocycles. The first-order chi connectivity index (χ1) is 25.0. The molecule has 7 aromatic rings. The van der Waals surface area contributed by atoms with E-state index in [1.165, 1.54) is 6.39 Å². The van der Waals surface area contributed by atoms with Crippen molar-refractivity contribution >= 4 is 56.6 Å². The Hall–Kier alpha value is -5.06. The smallest absolute Gasteiger partial charge is 0.276 e. The highest BCUT2D eigenvalue weighted by Crippen LogP contribution is 2.46. The van der Waals surface area contributed by atoms with E-state index in [0.29, 0.717) is 36.7 Å². The number of aryl methyl sites for hydroxylation is 6. The van der Waals surface area contributed by atoms with Crippen molar-refractivity contribution in [2.45, 2.75) is 59.0 Å². The number of nitrogens with zero attached hydrogens (tertiary/aromatic N) is 7. The van der Waals surface area contributed by atoms with E-state index in [1.54, 1.807) is 4.90 Å². The van der Waals surface area contributed by atoms with Crippen molar-refractivity contribution < 1.29 is 13.9 Å². The number of anilines is 1. The van der Waals surface area contributed by atoms with E-state index in [2.05, 4.69) is 46.8 Å². The molecular weight excluding hydrogens is 697 g/mol. The number of ether oxygens (including phenoxy) is 1. The largest absolute Gasteiger partial charge is 0.494 e. The van der Waals surface area contributed by atoms with E-state index >= 15 is 4.79 Å². The number of alkyl halides is 1. The van der Waals surface area contributed by atoms with Crippen molar-refractivity contribution in [2.24, 2.45) is 14.1 Å². The second-order valence-corrected chi connectivity index (χ2v) is 14.6. The Balaban J connectivity index is 1.27. The molecule has 0 fully saturated rings. The first-order valence-electron chi connectivity index (χ1n) is 17.3. The number of aromatic nitrogens is 6. The molecule has 0 aliphatic carbocycles. The summed E-state index contributed by atoms with van der Waals surface area (Å²) in [6.45, 7) is 10.6. The lowest BCUT2D eigenvalue weighted by molar-refractivity contribution is 0.0951. The summed E-state index contributed by atoms with van der Waals surface area (Å²) in [4.78, 5) is 16.9. The fourth-order valence-corrected chi connectivity index (χ4v) is 8.34. The maximum absolute atomic E-state index is 15.2. The van der Waals surface area contributed by atoms with Gasteiger partial charge in [-0.25, -0.2) is 0 Å². The first-order valence-corrected chi connectivity index (χ1v) is 18.2. The summed E-state index contributed by atoms with van der Waals surface area (Å²) in [5, 5.41) is 15.3. The third-order valence-electron chi connectivity index (χ3n) is 10.5. The third kappa shape index (κ3) is 5.30. The van der Waals surface area contributed by atoms with E-state index in [4.69, 9.17) is 37.5 Å². The number of carbonyl (C=O) groups excluding carboxylic acids is 1. The van der Waals surface area contributed by atoms with Gasteiger partial charge in [0.1, 0.15) is 16.9 Å². The molecule has 10 nitrogen and oxygen atoms in total. The molecule has 4 aromatic heterocycles. The molecule has 1 aliphatic rings. The molecule has 12 heteroatoms. The molecule has 8 rings (SSSR count). The SMILES string of the molecule is Cc1cc(OCCCc2c3n(c4c(-c5c(C)nn(C)c5C)cccc24)C(C)[C@@H](Cl)N(c2cn(C)c4ccc(-c5nnco5)cc24)C3=O)cc(C)c1Cl. The van der Waals surface area contributed by atoms with Crippen molar-refractivity contribution in [1.29, 1.82) is 0 Å². The topological polar surface area (TPSA) is 96.1 Å². The second-order valence-electron chi connectivity index (χ2n) is 13.8. The van der Waals surface area contributed by atoms with Crippen molar-refractivity contribution in [3.8, 4) is 28.3 Å². The van der Waals surface area contributed by atoms with Gasteiger partial charge < -0.3 is 18.3 Å². The Kier molecular flexibility index (Phi) is 8.42. The Morgan fingerprint density at radius 3 is 2.46 bits per heavy atom. The molecule has 0 N–H and O–H groups in total. The molecule has 0 radical (unpaired) electrons. The zero-order chi connectivity index (χ0) is 36.6. The van der Waals surface area contributed by atoms with E-state index in [-0.39, 0.29) is 11.9 Å². The molecule has 3 aromatic carbocycles. The number of halogens is 2. The van der Waals surface area contributed by atoms with E-state index in [9.17, 15) is 0 Å². The predicted octanol–water partition coefficient (Wildman–Crippen LogP) is 9.27. The summed E-state index contributed by atoms with van der Waals surface area (Å²) in [7, 11) is 3.93. The first kappa shape index (κ1) is 34.0. The Bertz CT molecular complexity index is 2500. The van der Waals surface area contributed by atoms with Crippen LogP contribution < -0.4 is 9.64 Å². The van der Waals surface area contributed by atoms with Crippen molar-refractivity contribution in [2.75, 3.05) is 11.5 Å². The van der Waals surface area contributed by atoms with Crippen LogP contribution in [-0.2, 0) is 20.5 Å². The normalized spacial score (nSPS) is 16.0. The average Bonchev–Trinajstić information content (AvgIpc) is 3.90. The van der Waals surface area contributed by atoms with E-state index in [1.807, 2.05) is 80.6 Å². The highest BCUT2D eigenvalue weighted by atomic mass is 35.5. The average molecular weight is 737 g/mol. The van der Waals surface area contributed by atoms with Crippen LogP contribution >= 0.6 is 23.2 Å². The zero-order valence-corrected chi connectivity index (χ0v) is 31.7. The number of para-hydroxylation sites is 1. The number of carbonyl (C=O) groups is 1. The lowest BCUT2D eigenvalue weighted by Crippen LogP contribution is -2.47. The molecule has 0 spiro atoms. The van der Waals surface area contributed by atoms with Crippen LogP contribution in [0.15, 0.2) is 65.5 Å².